The molecule has 0 unspecified atom stereocenters. The normalized spacial score (nSPS) is 11.1. The zero-order valence-corrected chi connectivity index (χ0v) is 21.7. The van der Waals surface area contributed by atoms with Crippen molar-refractivity contribution in [3.8, 4) is 11.5 Å². The molecule has 35 heavy (non-hydrogen) atoms. The van der Waals surface area contributed by atoms with Crippen LogP contribution in [0.4, 0.5) is 11.4 Å². The van der Waals surface area contributed by atoms with Gasteiger partial charge in [0, 0.05) is 11.8 Å². The number of nitrogens with one attached hydrogen (secondary N) is 2. The second kappa shape index (κ2) is 14.4. The summed E-state index contributed by atoms with van der Waals surface area (Å²) in [6, 6.07) is 10.4. The Balaban J connectivity index is 2.05. The van der Waals surface area contributed by atoms with Gasteiger partial charge in [-0.05, 0) is 67.5 Å². The lowest BCUT2D eigenvalue weighted by atomic mass is 9.97. The molecule has 0 aromatic heterocycles. The summed E-state index contributed by atoms with van der Waals surface area (Å²) in [4.78, 5) is 25.2. The smallest absolute Gasteiger partial charge is 0.227 e. The van der Waals surface area contributed by atoms with Crippen molar-refractivity contribution in [1.29, 1.82) is 0 Å². The molecular formula is C29H42N2O4. The molecule has 2 aromatic rings. The highest BCUT2D eigenvalue weighted by Gasteiger charge is 2.19. The first-order valence-electron chi connectivity index (χ1n) is 13.1. The highest BCUT2D eigenvalue weighted by Crippen LogP contribution is 2.30. The molecule has 0 atom stereocenters. The van der Waals surface area contributed by atoms with Gasteiger partial charge in [0.15, 0.2) is 0 Å². The molecule has 0 saturated heterocycles. The van der Waals surface area contributed by atoms with Crippen LogP contribution >= 0.6 is 0 Å². The Labute approximate surface area is 210 Å². The fraction of sp³-hybridized carbons (Fsp3) is 0.517. The maximum Gasteiger partial charge on any atom is 0.227 e. The summed E-state index contributed by atoms with van der Waals surface area (Å²) in [5.41, 5.74) is 2.51. The number of carbonyl (C=O) groups excluding carboxylic acids is 2. The summed E-state index contributed by atoms with van der Waals surface area (Å²) >= 11 is 0. The maximum absolute atomic E-state index is 12.6. The number of amides is 2. The van der Waals surface area contributed by atoms with Crippen LogP contribution in [0.2, 0.25) is 0 Å². The van der Waals surface area contributed by atoms with E-state index in [9.17, 15) is 19.8 Å². The molecule has 0 fully saturated rings. The van der Waals surface area contributed by atoms with Crippen LogP contribution in [0.1, 0.15) is 90.2 Å². The van der Waals surface area contributed by atoms with Gasteiger partial charge in [-0.1, -0.05) is 65.5 Å². The minimum Gasteiger partial charge on any atom is -0.506 e. The van der Waals surface area contributed by atoms with Crippen molar-refractivity contribution >= 4 is 23.2 Å². The molecular weight excluding hydrogens is 440 g/mol. The Hall–Kier alpha value is -3.02. The predicted octanol–water partition coefficient (Wildman–Crippen LogP) is 7.00. The quantitative estimate of drug-likeness (QED) is 0.218. The summed E-state index contributed by atoms with van der Waals surface area (Å²) in [5.74, 6) is -0.170. The fourth-order valence-electron chi connectivity index (χ4n) is 4.50. The predicted molar refractivity (Wildman–Crippen MR) is 143 cm³/mol. The van der Waals surface area contributed by atoms with E-state index in [0.717, 1.165) is 62.5 Å². The average Bonchev–Trinajstić information content (AvgIpc) is 2.82. The fourth-order valence-corrected chi connectivity index (χ4v) is 4.50. The Bertz CT molecular complexity index is 884. The van der Waals surface area contributed by atoms with Gasteiger partial charge >= 0.3 is 0 Å². The van der Waals surface area contributed by atoms with Crippen molar-refractivity contribution in [2.45, 2.75) is 85.5 Å². The van der Waals surface area contributed by atoms with E-state index >= 15 is 0 Å². The first-order valence-corrected chi connectivity index (χ1v) is 13.1. The Morgan fingerprint density at radius 3 is 1.29 bits per heavy atom. The summed E-state index contributed by atoms with van der Waals surface area (Å²) < 4.78 is 0. The lowest BCUT2D eigenvalue weighted by Gasteiger charge is -2.17. The van der Waals surface area contributed by atoms with Crippen LogP contribution in [0.5, 0.6) is 11.5 Å². The summed E-state index contributed by atoms with van der Waals surface area (Å²) in [6.45, 7) is 8.26. The van der Waals surface area contributed by atoms with Crippen LogP contribution < -0.4 is 10.6 Å². The molecule has 4 N–H and O–H groups in total. The second-order valence-electron chi connectivity index (χ2n) is 9.41. The Kier molecular flexibility index (Phi) is 11.6. The Morgan fingerprint density at radius 1 is 0.657 bits per heavy atom. The number of benzene rings is 2. The molecule has 0 heterocycles. The van der Waals surface area contributed by atoms with Gasteiger partial charge in [0.2, 0.25) is 11.8 Å². The van der Waals surface area contributed by atoms with E-state index < -0.39 is 0 Å². The maximum atomic E-state index is 12.6. The van der Waals surface area contributed by atoms with Gasteiger partial charge in [-0.2, -0.15) is 0 Å². The van der Waals surface area contributed by atoms with Crippen LogP contribution in [0.3, 0.4) is 0 Å². The average molecular weight is 483 g/mol. The van der Waals surface area contributed by atoms with Crippen molar-refractivity contribution in [1.82, 2.24) is 0 Å². The van der Waals surface area contributed by atoms with Crippen molar-refractivity contribution in [3.63, 3.8) is 0 Å². The van der Waals surface area contributed by atoms with Crippen LogP contribution in [-0.2, 0) is 16.0 Å². The van der Waals surface area contributed by atoms with Crippen LogP contribution in [-0.4, -0.2) is 22.0 Å². The summed E-state index contributed by atoms with van der Waals surface area (Å²) in [7, 11) is 0. The van der Waals surface area contributed by atoms with Gasteiger partial charge in [0.05, 0.1) is 11.4 Å². The molecule has 0 bridgehead atoms. The highest BCUT2D eigenvalue weighted by atomic mass is 16.3. The molecule has 192 valence electrons. The van der Waals surface area contributed by atoms with E-state index in [4.69, 9.17) is 0 Å². The van der Waals surface area contributed by atoms with E-state index in [0.29, 0.717) is 17.8 Å². The third kappa shape index (κ3) is 8.61. The number of phenolic OH excluding ortho intramolecular Hbond substituents is 2. The first kappa shape index (κ1) is 28.2. The van der Waals surface area contributed by atoms with Gasteiger partial charge in [-0.3, -0.25) is 9.59 Å². The Morgan fingerprint density at radius 2 is 1.00 bits per heavy atom. The molecule has 6 nitrogen and oxygen atoms in total. The number of anilines is 2. The highest BCUT2D eigenvalue weighted by molar-refractivity contribution is 5.94. The molecule has 0 aliphatic heterocycles. The molecule has 0 saturated carbocycles. The van der Waals surface area contributed by atoms with Gasteiger partial charge in [-0.25, -0.2) is 0 Å². The van der Waals surface area contributed by atoms with E-state index in [1.807, 2.05) is 12.1 Å². The second-order valence-corrected chi connectivity index (χ2v) is 9.41. The molecule has 6 heteroatoms. The van der Waals surface area contributed by atoms with Crippen LogP contribution in [0.15, 0.2) is 36.4 Å². The monoisotopic (exact) mass is 482 g/mol. The van der Waals surface area contributed by atoms with Gasteiger partial charge in [0.25, 0.3) is 0 Å². The van der Waals surface area contributed by atoms with Crippen molar-refractivity contribution in [2.24, 2.45) is 11.8 Å². The lowest BCUT2D eigenvalue weighted by Crippen LogP contribution is -2.22. The molecule has 0 aliphatic rings. The molecule has 0 aliphatic carbocycles. The minimum atomic E-state index is -0.0561. The first-order chi connectivity index (χ1) is 16.8. The van der Waals surface area contributed by atoms with Crippen molar-refractivity contribution < 1.29 is 19.8 Å². The number of rotatable bonds is 14. The SMILES string of the molecule is CCCC(CCC)C(=O)Nc1ccc(Cc2ccc(NC(=O)C(CCC)CCC)c(O)c2)cc1O. The number of phenols is 2. The van der Waals surface area contributed by atoms with E-state index in [1.54, 1.807) is 24.3 Å². The van der Waals surface area contributed by atoms with Crippen molar-refractivity contribution in [2.75, 3.05) is 10.6 Å². The van der Waals surface area contributed by atoms with Crippen LogP contribution in [0.25, 0.3) is 0 Å². The van der Waals surface area contributed by atoms with Gasteiger partial charge in [0.1, 0.15) is 11.5 Å². The number of aromatic hydroxyl groups is 2. The van der Waals surface area contributed by atoms with E-state index in [-0.39, 0.29) is 35.1 Å². The minimum absolute atomic E-state index is 0.0218. The lowest BCUT2D eigenvalue weighted by molar-refractivity contribution is -0.121. The molecule has 2 rings (SSSR count). The topological polar surface area (TPSA) is 98.7 Å². The summed E-state index contributed by atoms with van der Waals surface area (Å²) in [6.07, 6.45) is 7.57. The van der Waals surface area contributed by atoms with Gasteiger partial charge in [-0.15, -0.1) is 0 Å². The third-order valence-corrected chi connectivity index (χ3v) is 6.34. The number of hydrogen-bond donors (Lipinski definition) is 4. The van der Waals surface area contributed by atoms with E-state index in [2.05, 4.69) is 38.3 Å². The third-order valence-electron chi connectivity index (χ3n) is 6.34. The van der Waals surface area contributed by atoms with E-state index in [1.165, 1.54) is 0 Å². The molecule has 2 amide bonds. The number of carbonyl (C=O) groups is 2. The zero-order chi connectivity index (χ0) is 25.8. The summed E-state index contributed by atoms with van der Waals surface area (Å²) in [5, 5.41) is 26.7. The van der Waals surface area contributed by atoms with Crippen molar-refractivity contribution in [3.05, 3.63) is 47.5 Å². The molecule has 0 spiro atoms. The largest absolute Gasteiger partial charge is 0.506 e. The standard InChI is InChI=1S/C29H42N2O4/c1-5-9-22(10-6-2)28(34)30-24-15-13-20(18-26(24)32)17-21-14-16-25(27(33)19-21)31-29(35)23(11-7-3)12-8-4/h13-16,18-19,22-23,32-33H,5-12,17H2,1-4H3,(H,30,34)(H,31,35). The molecule has 0 radical (unpaired) electrons. The molecule has 2 aromatic carbocycles. The van der Waals surface area contributed by atoms with Crippen LogP contribution in [0, 0.1) is 11.8 Å². The van der Waals surface area contributed by atoms with Gasteiger partial charge < -0.3 is 20.8 Å². The zero-order valence-electron chi connectivity index (χ0n) is 21.7. The number of hydrogen-bond acceptors (Lipinski definition) is 4.